The number of benzene rings is 2. The van der Waals surface area contributed by atoms with E-state index in [2.05, 4.69) is 0 Å². The van der Waals surface area contributed by atoms with E-state index in [1.54, 1.807) is 37.4 Å². The molecule has 0 saturated carbocycles. The molecule has 0 spiro atoms. The standard InChI is InChI=1S/C13H10Cl2O3/c1-17-9-3-5-12(10(15)7-9)18-13-4-2-8(14)6-11(13)16/h2-7,16H,1H3. The van der Waals surface area contributed by atoms with Crippen LogP contribution < -0.4 is 9.47 Å². The lowest BCUT2D eigenvalue weighted by atomic mass is 10.3. The molecule has 94 valence electrons. The summed E-state index contributed by atoms with van der Waals surface area (Å²) in [6.07, 6.45) is 0. The first-order valence-corrected chi connectivity index (χ1v) is 5.85. The number of aromatic hydroxyl groups is 1. The quantitative estimate of drug-likeness (QED) is 0.902. The maximum atomic E-state index is 9.67. The van der Waals surface area contributed by atoms with Crippen LogP contribution in [0.25, 0.3) is 0 Å². The molecule has 0 saturated heterocycles. The predicted octanol–water partition coefficient (Wildman–Crippen LogP) is 4.50. The molecule has 1 N–H and O–H groups in total. The van der Waals surface area contributed by atoms with E-state index in [4.69, 9.17) is 32.7 Å². The SMILES string of the molecule is COc1ccc(Oc2ccc(Cl)cc2O)c(Cl)c1. The van der Waals surface area contributed by atoms with Crippen LogP contribution in [0.15, 0.2) is 36.4 Å². The molecule has 0 heterocycles. The van der Waals surface area contributed by atoms with Gasteiger partial charge in [0.1, 0.15) is 11.5 Å². The Morgan fingerprint density at radius 2 is 1.72 bits per heavy atom. The number of methoxy groups -OCH3 is 1. The van der Waals surface area contributed by atoms with E-state index in [-0.39, 0.29) is 11.5 Å². The Hall–Kier alpha value is -1.58. The molecule has 2 aromatic carbocycles. The van der Waals surface area contributed by atoms with Crippen molar-refractivity contribution in [3.8, 4) is 23.0 Å². The van der Waals surface area contributed by atoms with Crippen molar-refractivity contribution in [2.45, 2.75) is 0 Å². The highest BCUT2D eigenvalue weighted by atomic mass is 35.5. The third kappa shape index (κ3) is 2.81. The summed E-state index contributed by atoms with van der Waals surface area (Å²) in [7, 11) is 1.55. The first kappa shape index (κ1) is 12.9. The van der Waals surface area contributed by atoms with Gasteiger partial charge in [0.25, 0.3) is 0 Å². The third-order valence-corrected chi connectivity index (χ3v) is 2.81. The fourth-order valence-corrected chi connectivity index (χ4v) is 1.76. The maximum Gasteiger partial charge on any atom is 0.169 e. The highest BCUT2D eigenvalue weighted by Crippen LogP contribution is 2.37. The van der Waals surface area contributed by atoms with Crippen molar-refractivity contribution in [3.05, 3.63) is 46.4 Å². The highest BCUT2D eigenvalue weighted by Gasteiger charge is 2.08. The van der Waals surface area contributed by atoms with Crippen molar-refractivity contribution in [1.82, 2.24) is 0 Å². The topological polar surface area (TPSA) is 38.7 Å². The van der Waals surface area contributed by atoms with Gasteiger partial charge in [-0.25, -0.2) is 0 Å². The minimum atomic E-state index is -0.0469. The van der Waals surface area contributed by atoms with E-state index in [0.29, 0.717) is 21.5 Å². The monoisotopic (exact) mass is 284 g/mol. The second kappa shape index (κ2) is 5.38. The number of phenolic OH excluding ortho intramolecular Hbond substituents is 1. The Bertz CT molecular complexity index is 570. The van der Waals surface area contributed by atoms with Gasteiger partial charge in [-0.3, -0.25) is 0 Å². The number of ether oxygens (including phenoxy) is 2. The lowest BCUT2D eigenvalue weighted by molar-refractivity contribution is 0.405. The maximum absolute atomic E-state index is 9.67. The Kier molecular flexibility index (Phi) is 3.84. The molecular formula is C13H10Cl2O3. The molecule has 0 atom stereocenters. The first-order chi connectivity index (χ1) is 8.60. The number of phenols is 1. The summed E-state index contributed by atoms with van der Waals surface area (Å²) < 4.78 is 10.5. The second-order valence-corrected chi connectivity index (χ2v) is 4.35. The molecule has 18 heavy (non-hydrogen) atoms. The normalized spacial score (nSPS) is 10.2. The molecule has 0 radical (unpaired) electrons. The summed E-state index contributed by atoms with van der Waals surface area (Å²) in [4.78, 5) is 0. The summed E-state index contributed by atoms with van der Waals surface area (Å²) in [6.45, 7) is 0. The fraction of sp³-hybridized carbons (Fsp3) is 0.0769. The average Bonchev–Trinajstić information content (AvgIpc) is 2.34. The van der Waals surface area contributed by atoms with Crippen molar-refractivity contribution in [2.75, 3.05) is 7.11 Å². The fourth-order valence-electron chi connectivity index (χ4n) is 1.39. The van der Waals surface area contributed by atoms with Crippen LogP contribution in [0.3, 0.4) is 0 Å². The molecule has 0 aromatic heterocycles. The molecule has 2 aromatic rings. The smallest absolute Gasteiger partial charge is 0.169 e. The van der Waals surface area contributed by atoms with E-state index in [9.17, 15) is 5.11 Å². The summed E-state index contributed by atoms with van der Waals surface area (Å²) in [5.74, 6) is 1.30. The van der Waals surface area contributed by atoms with E-state index in [1.165, 1.54) is 6.07 Å². The Balaban J connectivity index is 2.28. The van der Waals surface area contributed by atoms with Crippen molar-refractivity contribution >= 4 is 23.2 Å². The first-order valence-electron chi connectivity index (χ1n) is 5.10. The van der Waals surface area contributed by atoms with Crippen molar-refractivity contribution in [1.29, 1.82) is 0 Å². The molecule has 5 heteroatoms. The van der Waals surface area contributed by atoms with Crippen LogP contribution in [0.2, 0.25) is 10.0 Å². The van der Waals surface area contributed by atoms with Crippen LogP contribution in [0.5, 0.6) is 23.0 Å². The summed E-state index contributed by atoms with van der Waals surface area (Å²) in [5, 5.41) is 10.5. The number of hydrogen-bond donors (Lipinski definition) is 1. The number of hydrogen-bond acceptors (Lipinski definition) is 3. The van der Waals surface area contributed by atoms with E-state index >= 15 is 0 Å². The van der Waals surface area contributed by atoms with Gasteiger partial charge in [0.05, 0.1) is 12.1 Å². The average molecular weight is 285 g/mol. The van der Waals surface area contributed by atoms with Crippen molar-refractivity contribution in [2.24, 2.45) is 0 Å². The Morgan fingerprint density at radius 1 is 1.00 bits per heavy atom. The molecule has 0 unspecified atom stereocenters. The van der Waals surface area contributed by atoms with Gasteiger partial charge >= 0.3 is 0 Å². The van der Waals surface area contributed by atoms with Gasteiger partial charge in [0.15, 0.2) is 11.5 Å². The van der Waals surface area contributed by atoms with E-state index in [0.717, 1.165) is 0 Å². The van der Waals surface area contributed by atoms with Gasteiger partial charge in [0, 0.05) is 17.2 Å². The molecule has 0 bridgehead atoms. The largest absolute Gasteiger partial charge is 0.504 e. The van der Waals surface area contributed by atoms with Crippen molar-refractivity contribution < 1.29 is 14.6 Å². The van der Waals surface area contributed by atoms with Crippen LogP contribution in [-0.2, 0) is 0 Å². The van der Waals surface area contributed by atoms with Crippen LogP contribution in [0.1, 0.15) is 0 Å². The molecule has 0 amide bonds. The molecule has 3 nitrogen and oxygen atoms in total. The highest BCUT2D eigenvalue weighted by molar-refractivity contribution is 6.32. The lowest BCUT2D eigenvalue weighted by Gasteiger charge is -2.10. The minimum absolute atomic E-state index is 0.0469. The minimum Gasteiger partial charge on any atom is -0.504 e. The molecule has 0 aliphatic rings. The van der Waals surface area contributed by atoms with Crippen molar-refractivity contribution in [3.63, 3.8) is 0 Å². The summed E-state index contributed by atoms with van der Waals surface area (Å²) in [6, 6.07) is 9.59. The van der Waals surface area contributed by atoms with Crippen LogP contribution in [-0.4, -0.2) is 12.2 Å². The molecule has 0 fully saturated rings. The number of rotatable bonds is 3. The van der Waals surface area contributed by atoms with Gasteiger partial charge in [-0.2, -0.15) is 0 Å². The zero-order valence-corrected chi connectivity index (χ0v) is 11.0. The second-order valence-electron chi connectivity index (χ2n) is 3.51. The van der Waals surface area contributed by atoms with Crippen LogP contribution in [0, 0.1) is 0 Å². The van der Waals surface area contributed by atoms with Gasteiger partial charge < -0.3 is 14.6 Å². The predicted molar refractivity (Wildman–Crippen MR) is 71.2 cm³/mol. The van der Waals surface area contributed by atoms with Gasteiger partial charge in [-0.1, -0.05) is 23.2 Å². The lowest BCUT2D eigenvalue weighted by Crippen LogP contribution is -1.88. The Morgan fingerprint density at radius 3 is 2.33 bits per heavy atom. The molecular weight excluding hydrogens is 275 g/mol. The molecule has 0 aliphatic heterocycles. The molecule has 0 aliphatic carbocycles. The Labute approximate surface area is 114 Å². The summed E-state index contributed by atoms with van der Waals surface area (Å²) in [5.41, 5.74) is 0. The van der Waals surface area contributed by atoms with Gasteiger partial charge in [-0.15, -0.1) is 0 Å². The number of halogens is 2. The zero-order valence-electron chi connectivity index (χ0n) is 9.48. The van der Waals surface area contributed by atoms with Crippen LogP contribution >= 0.6 is 23.2 Å². The van der Waals surface area contributed by atoms with Crippen LogP contribution in [0.4, 0.5) is 0 Å². The zero-order chi connectivity index (χ0) is 13.1. The van der Waals surface area contributed by atoms with E-state index in [1.807, 2.05) is 0 Å². The van der Waals surface area contributed by atoms with Gasteiger partial charge in [-0.05, 0) is 24.3 Å². The van der Waals surface area contributed by atoms with Gasteiger partial charge in [0.2, 0.25) is 0 Å². The molecule has 2 rings (SSSR count). The van der Waals surface area contributed by atoms with E-state index < -0.39 is 0 Å². The third-order valence-electron chi connectivity index (χ3n) is 2.28. The summed E-state index contributed by atoms with van der Waals surface area (Å²) >= 11 is 11.8.